The highest BCUT2D eigenvalue weighted by Gasteiger charge is 2.24. The number of hydrogen-bond acceptors (Lipinski definition) is 3. The molecule has 1 saturated carbocycles. The quantitative estimate of drug-likeness (QED) is 0.924. The lowest BCUT2D eigenvalue weighted by molar-refractivity contribution is 0.216. The van der Waals surface area contributed by atoms with Crippen molar-refractivity contribution in [3.63, 3.8) is 0 Å². The SMILES string of the molecule is COc1ccc(C(O)c2ccccc2C2CCC2)cn1. The van der Waals surface area contributed by atoms with Crippen molar-refractivity contribution in [2.75, 3.05) is 7.11 Å². The first kappa shape index (κ1) is 13.1. The van der Waals surface area contributed by atoms with Gasteiger partial charge in [-0.1, -0.05) is 30.7 Å². The Balaban J connectivity index is 1.90. The number of rotatable bonds is 4. The van der Waals surface area contributed by atoms with E-state index in [-0.39, 0.29) is 0 Å². The number of pyridine rings is 1. The molecule has 1 N–H and O–H groups in total. The molecular weight excluding hydrogens is 250 g/mol. The first-order chi connectivity index (χ1) is 9.79. The zero-order chi connectivity index (χ0) is 13.9. The van der Waals surface area contributed by atoms with Gasteiger partial charge >= 0.3 is 0 Å². The van der Waals surface area contributed by atoms with E-state index < -0.39 is 6.10 Å². The van der Waals surface area contributed by atoms with Gasteiger partial charge in [-0.25, -0.2) is 4.98 Å². The predicted octanol–water partition coefficient (Wildman–Crippen LogP) is 3.44. The fourth-order valence-corrected chi connectivity index (χ4v) is 2.70. The summed E-state index contributed by atoms with van der Waals surface area (Å²) in [4.78, 5) is 4.17. The average molecular weight is 269 g/mol. The molecule has 3 heteroatoms. The van der Waals surface area contributed by atoms with Crippen LogP contribution in [0.1, 0.15) is 48.0 Å². The Labute approximate surface area is 119 Å². The van der Waals surface area contributed by atoms with Gasteiger partial charge in [0.2, 0.25) is 5.88 Å². The molecule has 1 aromatic heterocycles. The van der Waals surface area contributed by atoms with E-state index in [4.69, 9.17) is 4.74 Å². The minimum Gasteiger partial charge on any atom is -0.481 e. The summed E-state index contributed by atoms with van der Waals surface area (Å²) in [6.07, 6.45) is 4.81. The fraction of sp³-hybridized carbons (Fsp3) is 0.353. The molecule has 3 nitrogen and oxygen atoms in total. The number of hydrogen-bond donors (Lipinski definition) is 1. The molecule has 2 aromatic rings. The van der Waals surface area contributed by atoms with Gasteiger partial charge < -0.3 is 9.84 Å². The van der Waals surface area contributed by atoms with Crippen molar-refractivity contribution in [2.45, 2.75) is 31.3 Å². The van der Waals surface area contributed by atoms with Crippen molar-refractivity contribution < 1.29 is 9.84 Å². The zero-order valence-corrected chi connectivity index (χ0v) is 11.6. The summed E-state index contributed by atoms with van der Waals surface area (Å²) in [5, 5.41) is 10.6. The zero-order valence-electron chi connectivity index (χ0n) is 11.6. The molecule has 0 amide bonds. The molecule has 104 valence electrons. The molecule has 1 unspecified atom stereocenters. The van der Waals surface area contributed by atoms with E-state index in [1.54, 1.807) is 19.4 Å². The summed E-state index contributed by atoms with van der Waals surface area (Å²) in [6, 6.07) is 11.8. The third-order valence-electron chi connectivity index (χ3n) is 4.12. The van der Waals surface area contributed by atoms with Crippen LogP contribution in [0.5, 0.6) is 5.88 Å². The molecule has 1 aliphatic rings. The van der Waals surface area contributed by atoms with Crippen LogP contribution < -0.4 is 4.74 Å². The monoisotopic (exact) mass is 269 g/mol. The second-order valence-corrected chi connectivity index (χ2v) is 5.29. The van der Waals surface area contributed by atoms with Gasteiger partial charge in [0.1, 0.15) is 6.10 Å². The van der Waals surface area contributed by atoms with Crippen LogP contribution in [-0.4, -0.2) is 17.2 Å². The van der Waals surface area contributed by atoms with Crippen molar-refractivity contribution in [2.24, 2.45) is 0 Å². The van der Waals surface area contributed by atoms with Crippen LogP contribution in [0.15, 0.2) is 42.6 Å². The molecule has 1 fully saturated rings. The number of nitrogens with zero attached hydrogens (tertiary/aromatic N) is 1. The Morgan fingerprint density at radius 2 is 2.00 bits per heavy atom. The molecule has 0 aliphatic heterocycles. The average Bonchev–Trinajstić information content (AvgIpc) is 2.45. The van der Waals surface area contributed by atoms with Gasteiger partial charge in [-0.05, 0) is 36.0 Å². The van der Waals surface area contributed by atoms with Crippen LogP contribution in [0.2, 0.25) is 0 Å². The van der Waals surface area contributed by atoms with E-state index >= 15 is 0 Å². The lowest BCUT2D eigenvalue weighted by Gasteiger charge is -2.29. The molecule has 1 heterocycles. The normalized spacial score (nSPS) is 16.5. The van der Waals surface area contributed by atoms with Crippen molar-refractivity contribution in [3.05, 3.63) is 59.3 Å². The summed E-state index contributed by atoms with van der Waals surface area (Å²) in [6.45, 7) is 0. The van der Waals surface area contributed by atoms with Gasteiger partial charge in [0.05, 0.1) is 7.11 Å². The third-order valence-corrected chi connectivity index (χ3v) is 4.12. The standard InChI is InChI=1S/C17H19NO2/c1-20-16-10-9-13(11-18-16)17(19)15-8-3-2-7-14(15)12-5-4-6-12/h2-3,7-12,17,19H,4-6H2,1H3. The molecular formula is C17H19NO2. The number of aliphatic hydroxyl groups excluding tert-OH is 1. The minimum absolute atomic E-state index is 0.563. The maximum absolute atomic E-state index is 10.6. The second-order valence-electron chi connectivity index (χ2n) is 5.29. The van der Waals surface area contributed by atoms with Gasteiger partial charge in [0.15, 0.2) is 0 Å². The molecule has 1 aromatic carbocycles. The highest BCUT2D eigenvalue weighted by Crippen LogP contribution is 2.40. The number of benzene rings is 1. The van der Waals surface area contributed by atoms with E-state index in [1.807, 2.05) is 18.2 Å². The third kappa shape index (κ3) is 2.41. The van der Waals surface area contributed by atoms with E-state index in [1.165, 1.54) is 24.8 Å². The Bertz CT molecular complexity index is 576. The van der Waals surface area contributed by atoms with Crippen LogP contribution in [0.3, 0.4) is 0 Å². The van der Waals surface area contributed by atoms with Crippen LogP contribution in [0.4, 0.5) is 0 Å². The summed E-state index contributed by atoms with van der Waals surface area (Å²) < 4.78 is 5.05. The number of aromatic nitrogens is 1. The van der Waals surface area contributed by atoms with Crippen LogP contribution in [-0.2, 0) is 0 Å². The second kappa shape index (κ2) is 5.63. The largest absolute Gasteiger partial charge is 0.481 e. The minimum atomic E-state index is -0.620. The highest BCUT2D eigenvalue weighted by molar-refractivity contribution is 5.38. The van der Waals surface area contributed by atoms with Crippen molar-refractivity contribution >= 4 is 0 Å². The predicted molar refractivity (Wildman–Crippen MR) is 77.9 cm³/mol. The Morgan fingerprint density at radius 1 is 1.20 bits per heavy atom. The smallest absolute Gasteiger partial charge is 0.212 e. The lowest BCUT2D eigenvalue weighted by Crippen LogP contribution is -2.13. The maximum Gasteiger partial charge on any atom is 0.212 e. The molecule has 3 rings (SSSR count). The molecule has 1 aliphatic carbocycles. The molecule has 0 saturated heterocycles. The van der Waals surface area contributed by atoms with Gasteiger partial charge in [-0.2, -0.15) is 0 Å². The molecule has 0 spiro atoms. The Kier molecular flexibility index (Phi) is 3.70. The topological polar surface area (TPSA) is 42.4 Å². The molecule has 20 heavy (non-hydrogen) atoms. The van der Waals surface area contributed by atoms with Gasteiger partial charge in [0, 0.05) is 17.8 Å². The van der Waals surface area contributed by atoms with Gasteiger partial charge in [-0.3, -0.25) is 0 Å². The summed E-state index contributed by atoms with van der Waals surface area (Å²) >= 11 is 0. The molecule has 0 radical (unpaired) electrons. The molecule has 0 bridgehead atoms. The summed E-state index contributed by atoms with van der Waals surface area (Å²) in [5.41, 5.74) is 3.09. The number of methoxy groups -OCH3 is 1. The Hall–Kier alpha value is -1.87. The highest BCUT2D eigenvalue weighted by atomic mass is 16.5. The van der Waals surface area contributed by atoms with E-state index in [9.17, 15) is 5.11 Å². The first-order valence-electron chi connectivity index (χ1n) is 7.06. The van der Waals surface area contributed by atoms with E-state index in [0.717, 1.165) is 11.1 Å². The lowest BCUT2D eigenvalue weighted by atomic mass is 9.77. The van der Waals surface area contributed by atoms with Crippen LogP contribution >= 0.6 is 0 Å². The van der Waals surface area contributed by atoms with Crippen LogP contribution in [0, 0.1) is 0 Å². The summed E-state index contributed by atoms with van der Waals surface area (Å²) in [7, 11) is 1.59. The van der Waals surface area contributed by atoms with E-state index in [0.29, 0.717) is 11.8 Å². The van der Waals surface area contributed by atoms with Gasteiger partial charge in [-0.15, -0.1) is 0 Å². The van der Waals surface area contributed by atoms with Crippen LogP contribution in [0.25, 0.3) is 0 Å². The summed E-state index contributed by atoms with van der Waals surface area (Å²) in [5.74, 6) is 1.17. The van der Waals surface area contributed by atoms with Crippen molar-refractivity contribution in [3.8, 4) is 5.88 Å². The Morgan fingerprint density at radius 3 is 2.60 bits per heavy atom. The fourth-order valence-electron chi connectivity index (χ4n) is 2.70. The number of aliphatic hydroxyl groups is 1. The number of ether oxygens (including phenoxy) is 1. The van der Waals surface area contributed by atoms with Crippen molar-refractivity contribution in [1.29, 1.82) is 0 Å². The van der Waals surface area contributed by atoms with Crippen molar-refractivity contribution in [1.82, 2.24) is 4.98 Å². The first-order valence-corrected chi connectivity index (χ1v) is 7.06. The van der Waals surface area contributed by atoms with E-state index in [2.05, 4.69) is 17.1 Å². The van der Waals surface area contributed by atoms with Gasteiger partial charge in [0.25, 0.3) is 0 Å². The molecule has 1 atom stereocenters. The maximum atomic E-state index is 10.6.